The molecular weight excluding hydrogens is 204 g/mol. The van der Waals surface area contributed by atoms with Gasteiger partial charge < -0.3 is 21.7 Å². The molecule has 0 saturated carbocycles. The van der Waals surface area contributed by atoms with Crippen molar-refractivity contribution in [2.24, 2.45) is 0 Å². The largest absolute Gasteiger partial charge is 0.508 e. The van der Waals surface area contributed by atoms with Crippen LogP contribution in [0.25, 0.3) is 11.1 Å². The van der Waals surface area contributed by atoms with Crippen LogP contribution in [0.1, 0.15) is 0 Å². The molecule has 0 aliphatic rings. The first-order valence-electron chi connectivity index (χ1n) is 4.75. The van der Waals surface area contributed by atoms with Crippen molar-refractivity contribution in [3.8, 4) is 22.6 Å². The Kier molecular flexibility index (Phi) is 2.32. The predicted molar refractivity (Wildman–Crippen MR) is 64.0 cm³/mol. The molecule has 0 amide bonds. The van der Waals surface area contributed by atoms with Crippen molar-refractivity contribution < 1.29 is 10.2 Å². The molecule has 0 aliphatic heterocycles. The van der Waals surface area contributed by atoms with Gasteiger partial charge >= 0.3 is 0 Å². The van der Waals surface area contributed by atoms with Gasteiger partial charge in [0.15, 0.2) is 0 Å². The van der Waals surface area contributed by atoms with Gasteiger partial charge in [-0.3, -0.25) is 0 Å². The Labute approximate surface area is 92.8 Å². The molecule has 0 aliphatic carbocycles. The number of phenolic OH excluding ortho intramolecular Hbond substituents is 2. The van der Waals surface area contributed by atoms with E-state index in [9.17, 15) is 10.2 Å². The summed E-state index contributed by atoms with van der Waals surface area (Å²) < 4.78 is 0. The fourth-order valence-corrected chi connectivity index (χ4v) is 1.57. The topological polar surface area (TPSA) is 92.5 Å². The maximum absolute atomic E-state index is 9.68. The van der Waals surface area contributed by atoms with Crippen LogP contribution in [0.2, 0.25) is 0 Å². The number of nitrogen functional groups attached to an aromatic ring is 2. The van der Waals surface area contributed by atoms with Gasteiger partial charge in [0.2, 0.25) is 0 Å². The summed E-state index contributed by atoms with van der Waals surface area (Å²) in [6, 6.07) is 9.29. The van der Waals surface area contributed by atoms with E-state index in [1.54, 1.807) is 18.2 Å². The molecule has 6 N–H and O–H groups in total. The molecule has 4 heteroatoms. The average molecular weight is 216 g/mol. The van der Waals surface area contributed by atoms with E-state index < -0.39 is 0 Å². The second kappa shape index (κ2) is 3.66. The summed E-state index contributed by atoms with van der Waals surface area (Å²) >= 11 is 0. The Balaban J connectivity index is 2.62. The first-order chi connectivity index (χ1) is 7.58. The van der Waals surface area contributed by atoms with Crippen molar-refractivity contribution in [1.29, 1.82) is 0 Å². The third kappa shape index (κ3) is 1.72. The molecule has 0 unspecified atom stereocenters. The fourth-order valence-electron chi connectivity index (χ4n) is 1.57. The zero-order valence-electron chi connectivity index (χ0n) is 8.51. The quantitative estimate of drug-likeness (QED) is 0.433. The lowest BCUT2D eigenvalue weighted by Crippen LogP contribution is -1.93. The van der Waals surface area contributed by atoms with E-state index in [2.05, 4.69) is 0 Å². The lowest BCUT2D eigenvalue weighted by Gasteiger charge is -2.09. The van der Waals surface area contributed by atoms with Gasteiger partial charge in [0.25, 0.3) is 0 Å². The second-order valence-electron chi connectivity index (χ2n) is 3.55. The van der Waals surface area contributed by atoms with Gasteiger partial charge in [0, 0.05) is 22.5 Å². The molecule has 4 nitrogen and oxygen atoms in total. The van der Waals surface area contributed by atoms with Crippen molar-refractivity contribution in [3.05, 3.63) is 36.4 Å². The van der Waals surface area contributed by atoms with E-state index in [4.69, 9.17) is 11.5 Å². The minimum absolute atomic E-state index is 0.0641. The summed E-state index contributed by atoms with van der Waals surface area (Å²) in [5, 5.41) is 19.1. The molecule has 0 saturated heterocycles. The standard InChI is InChI=1S/C12H12N2O2/c13-7-1-3-9(11(14)5-7)10-6-8(15)2-4-12(10)16/h1-6,15-16H,13-14H2. The zero-order chi connectivity index (χ0) is 11.7. The highest BCUT2D eigenvalue weighted by Crippen LogP contribution is 2.36. The number of phenols is 2. The van der Waals surface area contributed by atoms with Crippen LogP contribution in [0.5, 0.6) is 11.5 Å². The third-order valence-corrected chi connectivity index (χ3v) is 2.35. The van der Waals surface area contributed by atoms with Gasteiger partial charge in [0.05, 0.1) is 0 Å². The van der Waals surface area contributed by atoms with Gasteiger partial charge in [-0.05, 0) is 30.3 Å². The monoisotopic (exact) mass is 216 g/mol. The molecule has 0 bridgehead atoms. The summed E-state index contributed by atoms with van der Waals surface area (Å²) in [6.07, 6.45) is 0. The molecule has 0 radical (unpaired) electrons. The van der Waals surface area contributed by atoms with Crippen molar-refractivity contribution in [2.75, 3.05) is 11.5 Å². The maximum atomic E-state index is 9.68. The number of rotatable bonds is 1. The minimum atomic E-state index is 0.0641. The van der Waals surface area contributed by atoms with Gasteiger partial charge in [-0.15, -0.1) is 0 Å². The number of hydrogen-bond acceptors (Lipinski definition) is 4. The fraction of sp³-hybridized carbons (Fsp3) is 0. The summed E-state index contributed by atoms with van der Waals surface area (Å²) in [5.74, 6) is 0.137. The van der Waals surface area contributed by atoms with Crippen LogP contribution in [0.15, 0.2) is 36.4 Å². The lowest BCUT2D eigenvalue weighted by molar-refractivity contribution is 0.462. The molecular formula is C12H12N2O2. The molecule has 0 atom stereocenters. The SMILES string of the molecule is Nc1ccc(-c2cc(O)ccc2O)c(N)c1. The van der Waals surface area contributed by atoms with E-state index in [0.29, 0.717) is 22.5 Å². The van der Waals surface area contributed by atoms with E-state index >= 15 is 0 Å². The number of nitrogens with two attached hydrogens (primary N) is 2. The molecule has 0 spiro atoms. The highest BCUT2D eigenvalue weighted by molar-refractivity contribution is 5.82. The molecule has 0 aromatic heterocycles. The first-order valence-corrected chi connectivity index (χ1v) is 4.75. The zero-order valence-corrected chi connectivity index (χ0v) is 8.51. The molecule has 2 aromatic rings. The van der Waals surface area contributed by atoms with Crippen LogP contribution in [0, 0.1) is 0 Å². The Morgan fingerprint density at radius 3 is 2.25 bits per heavy atom. The van der Waals surface area contributed by atoms with Gasteiger partial charge in [-0.2, -0.15) is 0 Å². The number of aromatic hydroxyl groups is 2. The summed E-state index contributed by atoms with van der Waals surface area (Å²) in [7, 11) is 0. The highest BCUT2D eigenvalue weighted by atomic mass is 16.3. The first kappa shape index (κ1) is 10.2. The van der Waals surface area contributed by atoms with Crippen LogP contribution in [-0.4, -0.2) is 10.2 Å². The highest BCUT2D eigenvalue weighted by Gasteiger charge is 2.08. The summed E-state index contributed by atoms with van der Waals surface area (Å²) in [4.78, 5) is 0. The molecule has 82 valence electrons. The number of anilines is 2. The van der Waals surface area contributed by atoms with Crippen LogP contribution in [-0.2, 0) is 0 Å². The van der Waals surface area contributed by atoms with Crippen LogP contribution < -0.4 is 11.5 Å². The Morgan fingerprint density at radius 2 is 1.56 bits per heavy atom. The molecule has 2 aromatic carbocycles. The predicted octanol–water partition coefficient (Wildman–Crippen LogP) is 1.93. The minimum Gasteiger partial charge on any atom is -0.508 e. The number of hydrogen-bond donors (Lipinski definition) is 4. The number of benzene rings is 2. The second-order valence-corrected chi connectivity index (χ2v) is 3.55. The molecule has 16 heavy (non-hydrogen) atoms. The molecule has 2 rings (SSSR count). The Hall–Kier alpha value is -2.36. The van der Waals surface area contributed by atoms with Crippen molar-refractivity contribution in [2.45, 2.75) is 0 Å². The molecule has 0 fully saturated rings. The van der Waals surface area contributed by atoms with Crippen LogP contribution >= 0.6 is 0 Å². The van der Waals surface area contributed by atoms with E-state index in [1.807, 2.05) is 0 Å². The van der Waals surface area contributed by atoms with Crippen LogP contribution in [0.3, 0.4) is 0 Å². The van der Waals surface area contributed by atoms with Gasteiger partial charge in [0.1, 0.15) is 11.5 Å². The van der Waals surface area contributed by atoms with Gasteiger partial charge in [-0.1, -0.05) is 6.07 Å². The van der Waals surface area contributed by atoms with Gasteiger partial charge in [-0.25, -0.2) is 0 Å². The Morgan fingerprint density at radius 1 is 0.812 bits per heavy atom. The summed E-state index contributed by atoms with van der Waals surface area (Å²) in [5.41, 5.74) is 13.5. The van der Waals surface area contributed by atoms with E-state index in [1.165, 1.54) is 18.2 Å². The maximum Gasteiger partial charge on any atom is 0.123 e. The third-order valence-electron chi connectivity index (χ3n) is 2.35. The van der Waals surface area contributed by atoms with E-state index in [-0.39, 0.29) is 11.5 Å². The van der Waals surface area contributed by atoms with Crippen molar-refractivity contribution >= 4 is 11.4 Å². The molecule has 0 heterocycles. The summed E-state index contributed by atoms with van der Waals surface area (Å²) in [6.45, 7) is 0. The Bertz CT molecular complexity index is 539. The normalized spacial score (nSPS) is 10.2. The van der Waals surface area contributed by atoms with Crippen molar-refractivity contribution in [3.63, 3.8) is 0 Å². The smallest absolute Gasteiger partial charge is 0.123 e. The van der Waals surface area contributed by atoms with Crippen molar-refractivity contribution in [1.82, 2.24) is 0 Å². The van der Waals surface area contributed by atoms with Crippen LogP contribution in [0.4, 0.5) is 11.4 Å². The van der Waals surface area contributed by atoms with E-state index in [0.717, 1.165) is 0 Å². The lowest BCUT2D eigenvalue weighted by atomic mass is 10.0. The average Bonchev–Trinajstić information content (AvgIpc) is 2.22.